The van der Waals surface area contributed by atoms with Gasteiger partial charge in [0.2, 0.25) is 0 Å². The van der Waals surface area contributed by atoms with Gasteiger partial charge in [0.05, 0.1) is 4.83 Å². The summed E-state index contributed by atoms with van der Waals surface area (Å²) in [5.41, 5.74) is -0.0513. The number of carbonyl (C=O) groups is 1. The molecule has 0 aromatic heterocycles. The number of benzene rings is 1. The molecular weight excluding hydrogens is 254 g/mol. The molecule has 14 heavy (non-hydrogen) atoms. The number of carbonyl (C=O) groups excluding carboxylic acids is 1. The lowest BCUT2D eigenvalue weighted by Gasteiger charge is -2.07. The van der Waals surface area contributed by atoms with E-state index in [1.165, 1.54) is 25.1 Å². The number of ketones is 1. The number of hydrogen-bond acceptors (Lipinski definition) is 1. The Labute approximate surface area is 89.3 Å². The molecule has 0 aliphatic carbocycles. The third kappa shape index (κ3) is 2.61. The minimum absolute atomic E-state index is 0.0356. The summed E-state index contributed by atoms with van der Waals surface area (Å²) < 4.78 is 26.2. The minimum atomic E-state index is -0.615. The van der Waals surface area contributed by atoms with Crippen molar-refractivity contribution >= 4 is 21.7 Å². The van der Waals surface area contributed by atoms with Gasteiger partial charge in [0.25, 0.3) is 0 Å². The molecule has 1 nitrogen and oxygen atoms in total. The van der Waals surface area contributed by atoms with Crippen LogP contribution in [0.5, 0.6) is 0 Å². The Balaban J connectivity index is 2.91. The van der Waals surface area contributed by atoms with Crippen LogP contribution in [0.2, 0.25) is 0 Å². The highest BCUT2D eigenvalue weighted by molar-refractivity contribution is 9.10. The molecule has 0 heterocycles. The van der Waals surface area contributed by atoms with Gasteiger partial charge in [0, 0.05) is 5.56 Å². The summed E-state index contributed by atoms with van der Waals surface area (Å²) in [7, 11) is 0. The first-order chi connectivity index (χ1) is 6.52. The lowest BCUT2D eigenvalue weighted by molar-refractivity contribution is -0.116. The zero-order valence-electron chi connectivity index (χ0n) is 7.56. The Kier molecular flexibility index (Phi) is 3.75. The minimum Gasteiger partial charge on any atom is -0.299 e. The number of alkyl halides is 1. The van der Waals surface area contributed by atoms with Crippen molar-refractivity contribution in [2.45, 2.75) is 18.2 Å². The second kappa shape index (κ2) is 4.64. The quantitative estimate of drug-likeness (QED) is 0.766. The van der Waals surface area contributed by atoms with Crippen molar-refractivity contribution in [2.75, 3.05) is 0 Å². The van der Waals surface area contributed by atoms with Crippen LogP contribution in [0.1, 0.15) is 12.5 Å². The molecule has 1 atom stereocenters. The zero-order valence-corrected chi connectivity index (χ0v) is 9.14. The van der Waals surface area contributed by atoms with Gasteiger partial charge in [-0.25, -0.2) is 8.78 Å². The van der Waals surface area contributed by atoms with Crippen molar-refractivity contribution < 1.29 is 13.6 Å². The van der Waals surface area contributed by atoms with Gasteiger partial charge in [0.15, 0.2) is 0 Å². The molecule has 0 saturated carbocycles. The maximum absolute atomic E-state index is 13.1. The van der Waals surface area contributed by atoms with Crippen molar-refractivity contribution in [1.82, 2.24) is 0 Å². The Morgan fingerprint density at radius 3 is 2.36 bits per heavy atom. The van der Waals surface area contributed by atoms with E-state index in [4.69, 9.17) is 0 Å². The van der Waals surface area contributed by atoms with Gasteiger partial charge >= 0.3 is 0 Å². The Hall–Kier alpha value is -0.770. The van der Waals surface area contributed by atoms with Gasteiger partial charge in [-0.1, -0.05) is 22.0 Å². The average molecular weight is 263 g/mol. The lowest BCUT2D eigenvalue weighted by Crippen LogP contribution is -2.14. The third-order valence-electron chi connectivity index (χ3n) is 1.89. The van der Waals surface area contributed by atoms with Crippen LogP contribution in [-0.4, -0.2) is 10.6 Å². The van der Waals surface area contributed by atoms with Crippen LogP contribution in [0.4, 0.5) is 8.78 Å². The summed E-state index contributed by atoms with van der Waals surface area (Å²) in [6, 6.07) is 3.65. The zero-order chi connectivity index (χ0) is 10.7. The van der Waals surface area contributed by atoms with Gasteiger partial charge in [-0.3, -0.25) is 4.79 Å². The fraction of sp³-hybridized carbons (Fsp3) is 0.300. The first-order valence-electron chi connectivity index (χ1n) is 4.09. The molecule has 0 amide bonds. The Bertz CT molecular complexity index is 332. The number of halogens is 3. The summed E-state index contributed by atoms with van der Waals surface area (Å²) in [6.07, 6.45) is 0.0356. The fourth-order valence-corrected chi connectivity index (χ4v) is 1.37. The van der Waals surface area contributed by atoms with Gasteiger partial charge < -0.3 is 0 Å². The van der Waals surface area contributed by atoms with Gasteiger partial charge in [-0.2, -0.15) is 0 Å². The summed E-state index contributed by atoms with van der Waals surface area (Å²) in [5.74, 6) is -1.38. The van der Waals surface area contributed by atoms with Gasteiger partial charge in [-0.05, 0) is 25.5 Å². The van der Waals surface area contributed by atoms with E-state index < -0.39 is 16.5 Å². The topological polar surface area (TPSA) is 17.1 Å². The predicted octanol–water partition coefficient (Wildman–Crippen LogP) is 2.86. The second-order valence-electron chi connectivity index (χ2n) is 2.98. The molecule has 1 aromatic carbocycles. The number of rotatable bonds is 3. The molecule has 0 fully saturated rings. The molecule has 4 heteroatoms. The smallest absolute Gasteiger partial charge is 0.143 e. The maximum Gasteiger partial charge on any atom is 0.143 e. The van der Waals surface area contributed by atoms with Crippen LogP contribution in [0, 0.1) is 11.6 Å². The molecule has 0 unspecified atom stereocenters. The van der Waals surface area contributed by atoms with Crippen LogP contribution in [0.25, 0.3) is 0 Å². The van der Waals surface area contributed by atoms with E-state index >= 15 is 0 Å². The van der Waals surface area contributed by atoms with E-state index in [-0.39, 0.29) is 17.8 Å². The van der Waals surface area contributed by atoms with E-state index in [1.54, 1.807) is 0 Å². The average Bonchev–Trinajstić information content (AvgIpc) is 2.11. The van der Waals surface area contributed by atoms with Crippen molar-refractivity contribution in [3.8, 4) is 0 Å². The van der Waals surface area contributed by atoms with Gasteiger partial charge in [-0.15, -0.1) is 0 Å². The SMILES string of the molecule is CC(=O)[C@H](Br)Cc1c(F)cccc1F. The van der Waals surface area contributed by atoms with Crippen LogP contribution in [0.3, 0.4) is 0 Å². The first-order valence-corrected chi connectivity index (χ1v) is 5.01. The molecule has 0 aliphatic rings. The lowest BCUT2D eigenvalue weighted by atomic mass is 10.1. The van der Waals surface area contributed by atoms with Crippen molar-refractivity contribution in [1.29, 1.82) is 0 Å². The third-order valence-corrected chi connectivity index (χ3v) is 2.85. The van der Waals surface area contributed by atoms with Crippen LogP contribution >= 0.6 is 15.9 Å². The van der Waals surface area contributed by atoms with Crippen LogP contribution < -0.4 is 0 Å². The van der Waals surface area contributed by atoms with Crippen molar-refractivity contribution in [3.63, 3.8) is 0 Å². The van der Waals surface area contributed by atoms with Gasteiger partial charge in [0.1, 0.15) is 17.4 Å². The Morgan fingerprint density at radius 2 is 1.93 bits per heavy atom. The highest BCUT2D eigenvalue weighted by Gasteiger charge is 2.16. The molecule has 0 N–H and O–H groups in total. The van der Waals surface area contributed by atoms with E-state index in [1.807, 2.05) is 0 Å². The molecule has 0 aliphatic heterocycles. The van der Waals surface area contributed by atoms with Crippen LogP contribution in [-0.2, 0) is 11.2 Å². The Morgan fingerprint density at radius 1 is 1.43 bits per heavy atom. The molecule has 0 radical (unpaired) electrons. The normalized spacial score (nSPS) is 12.6. The summed E-state index contributed by atoms with van der Waals surface area (Å²) in [5, 5.41) is 0. The van der Waals surface area contributed by atoms with E-state index in [0.29, 0.717) is 0 Å². The summed E-state index contributed by atoms with van der Waals surface area (Å²) in [6.45, 7) is 1.37. The monoisotopic (exact) mass is 262 g/mol. The van der Waals surface area contributed by atoms with E-state index in [2.05, 4.69) is 15.9 Å². The highest BCUT2D eigenvalue weighted by Crippen LogP contribution is 2.17. The maximum atomic E-state index is 13.1. The highest BCUT2D eigenvalue weighted by atomic mass is 79.9. The van der Waals surface area contributed by atoms with Crippen LogP contribution in [0.15, 0.2) is 18.2 Å². The molecule has 0 bridgehead atoms. The molecule has 0 saturated heterocycles. The predicted molar refractivity (Wildman–Crippen MR) is 53.5 cm³/mol. The number of hydrogen-bond donors (Lipinski definition) is 0. The van der Waals surface area contributed by atoms with E-state index in [9.17, 15) is 13.6 Å². The fourth-order valence-electron chi connectivity index (χ4n) is 1.05. The first kappa shape index (κ1) is 11.3. The molecule has 1 aromatic rings. The molecule has 1 rings (SSSR count). The second-order valence-corrected chi connectivity index (χ2v) is 4.09. The van der Waals surface area contributed by atoms with Crippen molar-refractivity contribution in [2.24, 2.45) is 0 Å². The molecule has 0 spiro atoms. The largest absolute Gasteiger partial charge is 0.299 e. The standard InChI is InChI=1S/C10H9BrF2O/c1-6(14)8(11)5-7-9(12)3-2-4-10(7)13/h2-4,8H,5H2,1H3/t8-/m1/s1. The molecular formula is C10H9BrF2O. The molecule has 76 valence electrons. The summed E-state index contributed by atoms with van der Waals surface area (Å²) >= 11 is 3.06. The number of Topliss-reactive ketones (excluding diaryl/α,β-unsaturated/α-hetero) is 1. The van der Waals surface area contributed by atoms with E-state index in [0.717, 1.165) is 0 Å². The van der Waals surface area contributed by atoms with Crippen molar-refractivity contribution in [3.05, 3.63) is 35.4 Å². The summed E-state index contributed by atoms with van der Waals surface area (Å²) in [4.78, 5) is 10.3.